The summed E-state index contributed by atoms with van der Waals surface area (Å²) in [6, 6.07) is 15.5. The zero-order valence-electron chi connectivity index (χ0n) is 13.9. The fourth-order valence-electron chi connectivity index (χ4n) is 3.00. The molecule has 3 rings (SSSR count). The molecule has 4 nitrogen and oxygen atoms in total. The number of benzene rings is 2. The Kier molecular flexibility index (Phi) is 4.85. The van der Waals surface area contributed by atoms with Crippen molar-refractivity contribution in [1.82, 2.24) is 4.90 Å². The molecule has 0 saturated heterocycles. The fraction of sp³-hybridized carbons (Fsp3) is 0.250. The van der Waals surface area contributed by atoms with Crippen LogP contribution in [-0.2, 0) is 0 Å². The lowest BCUT2D eigenvalue weighted by molar-refractivity contribution is 0.0681. The van der Waals surface area contributed by atoms with Gasteiger partial charge in [-0.15, -0.1) is 0 Å². The van der Waals surface area contributed by atoms with Crippen molar-refractivity contribution in [3.8, 4) is 5.75 Å². The first-order valence-electron chi connectivity index (χ1n) is 8.25. The van der Waals surface area contributed by atoms with E-state index in [1.165, 1.54) is 0 Å². The van der Waals surface area contributed by atoms with Gasteiger partial charge in [-0.25, -0.2) is 0 Å². The van der Waals surface area contributed by atoms with Gasteiger partial charge in [-0.1, -0.05) is 49.9 Å². The molecule has 0 bridgehead atoms. The minimum absolute atomic E-state index is 0.0507. The molecule has 0 radical (unpaired) electrons. The Morgan fingerprint density at radius 2 is 1.96 bits per heavy atom. The second kappa shape index (κ2) is 7.21. The van der Waals surface area contributed by atoms with Gasteiger partial charge in [-0.3, -0.25) is 4.79 Å². The van der Waals surface area contributed by atoms with Gasteiger partial charge in [0.25, 0.3) is 5.91 Å². The molecular weight excluding hydrogens is 300 g/mol. The van der Waals surface area contributed by atoms with Crippen LogP contribution in [0.25, 0.3) is 0 Å². The van der Waals surface area contributed by atoms with Crippen molar-refractivity contribution in [2.75, 3.05) is 18.5 Å². The van der Waals surface area contributed by atoms with Crippen molar-refractivity contribution in [3.05, 3.63) is 72.3 Å². The van der Waals surface area contributed by atoms with Crippen molar-refractivity contribution in [1.29, 1.82) is 0 Å². The molecule has 0 aromatic heterocycles. The lowest BCUT2D eigenvalue weighted by Gasteiger charge is -2.38. The second-order valence-electron chi connectivity index (χ2n) is 5.73. The first-order chi connectivity index (χ1) is 11.8. The minimum Gasteiger partial charge on any atom is -0.489 e. The maximum absolute atomic E-state index is 12.9. The number of anilines is 1. The van der Waals surface area contributed by atoms with Gasteiger partial charge >= 0.3 is 0 Å². The van der Waals surface area contributed by atoms with Crippen LogP contribution in [0.3, 0.4) is 0 Å². The molecular formula is C20H22N2O2. The molecule has 1 heterocycles. The topological polar surface area (TPSA) is 41.6 Å². The normalized spacial score (nSPS) is 16.3. The summed E-state index contributed by atoms with van der Waals surface area (Å²) in [5.74, 6) is 0.818. The summed E-state index contributed by atoms with van der Waals surface area (Å²) in [7, 11) is 0. The quantitative estimate of drug-likeness (QED) is 0.809. The van der Waals surface area contributed by atoms with Crippen LogP contribution in [0, 0.1) is 0 Å². The SMILES string of the molecule is C=CCOc1ccccc1[C@H]1Nc2ccccc2C(=O)N1CCC. The number of carbonyl (C=O) groups excluding carboxylic acids is 1. The van der Waals surface area contributed by atoms with E-state index >= 15 is 0 Å². The van der Waals surface area contributed by atoms with Gasteiger partial charge in [-0.05, 0) is 24.6 Å². The number of fused-ring (bicyclic) bond motifs is 1. The van der Waals surface area contributed by atoms with Gasteiger partial charge in [0.2, 0.25) is 0 Å². The summed E-state index contributed by atoms with van der Waals surface area (Å²) in [6.07, 6.45) is 2.37. The molecule has 124 valence electrons. The van der Waals surface area contributed by atoms with Crippen molar-refractivity contribution >= 4 is 11.6 Å². The van der Waals surface area contributed by atoms with Gasteiger partial charge < -0.3 is 15.0 Å². The Labute approximate surface area is 142 Å². The van der Waals surface area contributed by atoms with Crippen molar-refractivity contribution in [3.63, 3.8) is 0 Å². The lowest BCUT2D eigenvalue weighted by Crippen LogP contribution is -2.43. The number of para-hydroxylation sites is 2. The van der Waals surface area contributed by atoms with Gasteiger partial charge in [0.15, 0.2) is 0 Å². The molecule has 4 heteroatoms. The monoisotopic (exact) mass is 322 g/mol. The maximum Gasteiger partial charge on any atom is 0.257 e. The molecule has 2 aromatic rings. The third kappa shape index (κ3) is 3.00. The van der Waals surface area contributed by atoms with Gasteiger partial charge in [-0.2, -0.15) is 0 Å². The predicted molar refractivity (Wildman–Crippen MR) is 96.3 cm³/mol. The number of rotatable bonds is 6. The molecule has 0 saturated carbocycles. The number of nitrogens with one attached hydrogen (secondary N) is 1. The fourth-order valence-corrected chi connectivity index (χ4v) is 3.00. The first kappa shape index (κ1) is 16.1. The first-order valence-corrected chi connectivity index (χ1v) is 8.25. The van der Waals surface area contributed by atoms with Crippen LogP contribution in [0.5, 0.6) is 5.75 Å². The molecule has 24 heavy (non-hydrogen) atoms. The molecule has 2 aromatic carbocycles. The number of ether oxygens (including phenoxy) is 1. The molecule has 1 N–H and O–H groups in total. The molecule has 1 atom stereocenters. The zero-order chi connectivity index (χ0) is 16.9. The molecule has 0 fully saturated rings. The van der Waals surface area contributed by atoms with Crippen molar-refractivity contribution in [2.24, 2.45) is 0 Å². The van der Waals surface area contributed by atoms with Crippen molar-refractivity contribution in [2.45, 2.75) is 19.5 Å². The molecule has 1 aliphatic heterocycles. The highest BCUT2D eigenvalue weighted by Gasteiger charge is 2.33. The Hall–Kier alpha value is -2.75. The summed E-state index contributed by atoms with van der Waals surface area (Å²) < 4.78 is 5.79. The smallest absolute Gasteiger partial charge is 0.257 e. The highest BCUT2D eigenvalue weighted by atomic mass is 16.5. The molecule has 0 unspecified atom stereocenters. The summed E-state index contributed by atoms with van der Waals surface area (Å²) >= 11 is 0. The van der Waals surface area contributed by atoms with E-state index in [1.807, 2.05) is 53.4 Å². The van der Waals surface area contributed by atoms with Crippen LogP contribution < -0.4 is 10.1 Å². The Bertz CT molecular complexity index is 742. The van der Waals surface area contributed by atoms with Gasteiger partial charge in [0.05, 0.1) is 5.56 Å². The Morgan fingerprint density at radius 3 is 2.75 bits per heavy atom. The lowest BCUT2D eigenvalue weighted by atomic mass is 10.0. The van der Waals surface area contributed by atoms with E-state index in [0.717, 1.165) is 23.4 Å². The van der Waals surface area contributed by atoms with Crippen LogP contribution in [0.2, 0.25) is 0 Å². The van der Waals surface area contributed by atoms with E-state index in [1.54, 1.807) is 6.08 Å². The number of amides is 1. The zero-order valence-corrected chi connectivity index (χ0v) is 13.9. The number of hydrogen-bond donors (Lipinski definition) is 1. The van der Waals surface area contributed by atoms with E-state index in [2.05, 4.69) is 18.8 Å². The highest BCUT2D eigenvalue weighted by molar-refractivity contribution is 6.01. The van der Waals surface area contributed by atoms with Crippen molar-refractivity contribution < 1.29 is 9.53 Å². The van der Waals surface area contributed by atoms with Crippen LogP contribution in [0.4, 0.5) is 5.69 Å². The predicted octanol–water partition coefficient (Wildman–Crippen LogP) is 4.23. The summed E-state index contributed by atoms with van der Waals surface area (Å²) in [4.78, 5) is 14.8. The summed E-state index contributed by atoms with van der Waals surface area (Å²) in [6.45, 7) is 6.89. The number of hydrogen-bond acceptors (Lipinski definition) is 3. The average Bonchev–Trinajstić information content (AvgIpc) is 2.62. The van der Waals surface area contributed by atoms with E-state index < -0.39 is 0 Å². The van der Waals surface area contributed by atoms with Crippen LogP contribution in [0.15, 0.2) is 61.2 Å². The van der Waals surface area contributed by atoms with E-state index in [4.69, 9.17) is 4.74 Å². The van der Waals surface area contributed by atoms with Gasteiger partial charge in [0, 0.05) is 17.8 Å². The molecule has 1 amide bonds. The largest absolute Gasteiger partial charge is 0.489 e. The average molecular weight is 322 g/mol. The van der Waals surface area contributed by atoms with E-state index in [9.17, 15) is 4.79 Å². The van der Waals surface area contributed by atoms with E-state index in [0.29, 0.717) is 18.7 Å². The van der Waals surface area contributed by atoms with Crippen LogP contribution in [-0.4, -0.2) is 24.0 Å². The summed E-state index contributed by atoms with van der Waals surface area (Å²) in [5, 5.41) is 3.49. The molecule has 0 spiro atoms. The summed E-state index contributed by atoms with van der Waals surface area (Å²) in [5.41, 5.74) is 2.53. The maximum atomic E-state index is 12.9. The van der Waals surface area contributed by atoms with Gasteiger partial charge in [0.1, 0.15) is 18.5 Å². The molecule has 0 aliphatic carbocycles. The molecule has 1 aliphatic rings. The Morgan fingerprint density at radius 1 is 1.21 bits per heavy atom. The second-order valence-corrected chi connectivity index (χ2v) is 5.73. The third-order valence-corrected chi connectivity index (χ3v) is 4.06. The van der Waals surface area contributed by atoms with Crippen LogP contribution >= 0.6 is 0 Å². The van der Waals surface area contributed by atoms with Crippen LogP contribution in [0.1, 0.15) is 35.4 Å². The number of nitrogens with zero attached hydrogens (tertiary/aromatic N) is 1. The number of carbonyl (C=O) groups is 1. The Balaban J connectivity index is 2.02. The standard InChI is InChI=1S/C20H22N2O2/c1-3-13-22-19(16-10-6-8-12-18(16)24-14-4-2)21-17-11-7-5-9-15(17)20(22)23/h4-12,19,21H,2-3,13-14H2,1H3/t19-/m0/s1. The minimum atomic E-state index is -0.242. The van der Waals surface area contributed by atoms with E-state index in [-0.39, 0.29) is 12.1 Å². The third-order valence-electron chi connectivity index (χ3n) is 4.06. The highest BCUT2D eigenvalue weighted by Crippen LogP contribution is 2.36.